The van der Waals surface area contributed by atoms with Gasteiger partial charge in [0.15, 0.2) is 0 Å². The number of nitrogens with one attached hydrogen (secondary N) is 2. The van der Waals surface area contributed by atoms with Crippen LogP contribution in [0.4, 0.5) is 11.6 Å². The van der Waals surface area contributed by atoms with Crippen LogP contribution in [-0.2, 0) is 4.79 Å². The Morgan fingerprint density at radius 3 is 2.64 bits per heavy atom. The van der Waals surface area contributed by atoms with Crippen LogP contribution >= 0.6 is 0 Å². The summed E-state index contributed by atoms with van der Waals surface area (Å²) in [5.74, 6) is 0.0573. The number of fused-ring (bicyclic) bond motifs is 1. The van der Waals surface area contributed by atoms with Crippen molar-refractivity contribution in [1.29, 1.82) is 0 Å². The quantitative estimate of drug-likeness (QED) is 0.564. The number of hydrogen-bond acceptors (Lipinski definition) is 6. The number of carbonyl (C=O) groups excluding carboxylic acids is 2. The number of pyridine rings is 1. The number of anilines is 2. The summed E-state index contributed by atoms with van der Waals surface area (Å²) in [6, 6.07) is 10.00. The summed E-state index contributed by atoms with van der Waals surface area (Å²) in [6.45, 7) is 8.42. The molecule has 0 spiro atoms. The van der Waals surface area contributed by atoms with Crippen molar-refractivity contribution in [1.82, 2.24) is 19.4 Å². The number of amides is 2. The van der Waals surface area contributed by atoms with E-state index in [1.807, 2.05) is 13.8 Å². The van der Waals surface area contributed by atoms with Gasteiger partial charge in [-0.1, -0.05) is 6.58 Å². The van der Waals surface area contributed by atoms with Gasteiger partial charge >= 0.3 is 0 Å². The van der Waals surface area contributed by atoms with Crippen molar-refractivity contribution in [2.24, 2.45) is 0 Å². The molecule has 1 atom stereocenters. The molecule has 170 valence electrons. The second-order valence-corrected chi connectivity index (χ2v) is 8.26. The normalized spacial score (nSPS) is 15.6. The summed E-state index contributed by atoms with van der Waals surface area (Å²) in [4.78, 5) is 47.3. The fourth-order valence-electron chi connectivity index (χ4n) is 3.92. The highest BCUT2D eigenvalue weighted by molar-refractivity contribution is 5.99. The van der Waals surface area contributed by atoms with Gasteiger partial charge in [0.05, 0.1) is 0 Å². The van der Waals surface area contributed by atoms with Crippen LogP contribution in [0.3, 0.4) is 0 Å². The van der Waals surface area contributed by atoms with Gasteiger partial charge in [-0.05, 0) is 56.7 Å². The summed E-state index contributed by atoms with van der Waals surface area (Å²) in [6.07, 6.45) is 3.65. The van der Waals surface area contributed by atoms with Crippen molar-refractivity contribution >= 4 is 34.5 Å². The number of rotatable bonds is 6. The van der Waals surface area contributed by atoms with Crippen LogP contribution in [0.25, 0.3) is 11.0 Å². The summed E-state index contributed by atoms with van der Waals surface area (Å²) in [5.41, 5.74) is 1.64. The Bertz CT molecular complexity index is 1270. The largest absolute Gasteiger partial charge is 0.350 e. The second-order valence-electron chi connectivity index (χ2n) is 8.26. The highest BCUT2D eigenvalue weighted by atomic mass is 16.2. The average Bonchev–Trinajstić information content (AvgIpc) is 3.27. The van der Waals surface area contributed by atoms with Gasteiger partial charge in [-0.2, -0.15) is 4.98 Å². The van der Waals surface area contributed by atoms with Crippen LogP contribution in [0.15, 0.2) is 60.0 Å². The predicted octanol–water partition coefficient (Wildman–Crippen LogP) is 2.82. The predicted molar refractivity (Wildman–Crippen MR) is 127 cm³/mol. The first-order valence-corrected chi connectivity index (χ1v) is 10.8. The van der Waals surface area contributed by atoms with Crippen LogP contribution < -0.4 is 16.2 Å². The maximum atomic E-state index is 12.9. The van der Waals surface area contributed by atoms with Crippen molar-refractivity contribution in [3.63, 3.8) is 0 Å². The van der Waals surface area contributed by atoms with Gasteiger partial charge in [-0.15, -0.1) is 0 Å². The molecule has 1 aliphatic rings. The minimum absolute atomic E-state index is 0.000451. The molecule has 0 aliphatic carbocycles. The molecule has 2 N–H and O–H groups in total. The van der Waals surface area contributed by atoms with Gasteiger partial charge in [0, 0.05) is 54.1 Å². The van der Waals surface area contributed by atoms with Gasteiger partial charge in [0.1, 0.15) is 5.65 Å². The van der Waals surface area contributed by atoms with E-state index in [1.54, 1.807) is 46.0 Å². The van der Waals surface area contributed by atoms with Gasteiger partial charge < -0.3 is 15.5 Å². The fourth-order valence-corrected chi connectivity index (χ4v) is 3.92. The zero-order valence-electron chi connectivity index (χ0n) is 18.6. The maximum Gasteiger partial charge on any atom is 0.253 e. The summed E-state index contributed by atoms with van der Waals surface area (Å²) in [5, 5.41) is 6.76. The molecule has 0 bridgehead atoms. The number of nitrogens with zero attached hydrogens (tertiary/aromatic N) is 4. The minimum Gasteiger partial charge on any atom is -0.350 e. The Labute approximate surface area is 191 Å². The molecule has 1 aromatic carbocycles. The Morgan fingerprint density at radius 2 is 1.94 bits per heavy atom. The third kappa shape index (κ3) is 4.77. The number of likely N-dealkylation sites (tertiary alicyclic amines) is 1. The third-order valence-electron chi connectivity index (χ3n) is 5.58. The Kier molecular flexibility index (Phi) is 6.21. The van der Waals surface area contributed by atoms with Crippen molar-refractivity contribution in [3.8, 4) is 0 Å². The fraction of sp³-hybridized carbons (Fsp3) is 0.292. The van der Waals surface area contributed by atoms with Crippen molar-refractivity contribution < 1.29 is 9.59 Å². The van der Waals surface area contributed by atoms with Gasteiger partial charge in [-0.3, -0.25) is 19.0 Å². The molecule has 1 aliphatic heterocycles. The molecule has 3 heterocycles. The lowest BCUT2D eigenvalue weighted by atomic mass is 10.2. The summed E-state index contributed by atoms with van der Waals surface area (Å²) in [7, 11) is 0. The van der Waals surface area contributed by atoms with E-state index in [0.717, 1.165) is 11.8 Å². The lowest BCUT2D eigenvalue weighted by molar-refractivity contribution is -0.111. The van der Waals surface area contributed by atoms with Gasteiger partial charge in [0.2, 0.25) is 11.9 Å². The lowest BCUT2D eigenvalue weighted by Crippen LogP contribution is -2.32. The molecule has 2 aromatic heterocycles. The van der Waals surface area contributed by atoms with Crippen LogP contribution in [-0.4, -0.2) is 50.4 Å². The first-order valence-electron chi connectivity index (χ1n) is 10.8. The molecule has 9 heteroatoms. The topological polar surface area (TPSA) is 109 Å². The summed E-state index contributed by atoms with van der Waals surface area (Å²) >= 11 is 0. The molecular weight excluding hydrogens is 420 g/mol. The molecule has 0 saturated carbocycles. The standard InChI is InChI=1S/C24H26N6O3/c1-4-20(31)26-18-8-5-16(6-9-18)23(33)29-12-11-19(14-29)27-24-25-13-17-7-10-21(32)30(15(2)3)22(17)28-24/h4-10,13,15,19H,1,11-12,14H2,2-3H3,(H,26,31)(H,25,27,28). The molecule has 4 rings (SSSR count). The zero-order chi connectivity index (χ0) is 23.5. The summed E-state index contributed by atoms with van der Waals surface area (Å²) < 4.78 is 1.65. The molecule has 1 fully saturated rings. The smallest absolute Gasteiger partial charge is 0.253 e. The first kappa shape index (κ1) is 22.2. The van der Waals surface area contributed by atoms with Crippen molar-refractivity contribution in [2.45, 2.75) is 32.4 Å². The third-order valence-corrected chi connectivity index (χ3v) is 5.58. The molecule has 0 radical (unpaired) electrons. The number of aromatic nitrogens is 3. The van der Waals surface area contributed by atoms with E-state index in [2.05, 4.69) is 27.2 Å². The molecule has 9 nitrogen and oxygen atoms in total. The highest BCUT2D eigenvalue weighted by Crippen LogP contribution is 2.20. The van der Waals surface area contributed by atoms with E-state index in [0.29, 0.717) is 35.9 Å². The number of hydrogen-bond donors (Lipinski definition) is 2. The van der Waals surface area contributed by atoms with E-state index in [4.69, 9.17) is 0 Å². The van der Waals surface area contributed by atoms with Crippen molar-refractivity contribution in [2.75, 3.05) is 23.7 Å². The Morgan fingerprint density at radius 1 is 1.18 bits per heavy atom. The molecular formula is C24H26N6O3. The van der Waals surface area contributed by atoms with Crippen LogP contribution in [0.2, 0.25) is 0 Å². The van der Waals surface area contributed by atoms with E-state index in [-0.39, 0.29) is 29.5 Å². The molecule has 2 amide bonds. The van der Waals surface area contributed by atoms with E-state index >= 15 is 0 Å². The maximum absolute atomic E-state index is 12.9. The van der Waals surface area contributed by atoms with Crippen LogP contribution in [0.5, 0.6) is 0 Å². The molecule has 1 unspecified atom stereocenters. The van der Waals surface area contributed by atoms with E-state index in [9.17, 15) is 14.4 Å². The Hall–Kier alpha value is -4.01. The van der Waals surface area contributed by atoms with Gasteiger partial charge in [0.25, 0.3) is 11.5 Å². The lowest BCUT2D eigenvalue weighted by Gasteiger charge is -2.18. The van der Waals surface area contributed by atoms with E-state index < -0.39 is 0 Å². The Balaban J connectivity index is 1.44. The van der Waals surface area contributed by atoms with Crippen LogP contribution in [0, 0.1) is 0 Å². The monoisotopic (exact) mass is 446 g/mol. The number of benzene rings is 1. The van der Waals surface area contributed by atoms with E-state index in [1.165, 1.54) is 12.1 Å². The SMILES string of the molecule is C=CC(=O)Nc1ccc(C(=O)N2CCC(Nc3ncc4ccc(=O)n(C(C)C)c4n3)C2)cc1. The van der Waals surface area contributed by atoms with Crippen molar-refractivity contribution in [3.05, 3.63) is 71.2 Å². The average molecular weight is 447 g/mol. The highest BCUT2D eigenvalue weighted by Gasteiger charge is 2.27. The van der Waals surface area contributed by atoms with Gasteiger partial charge in [-0.25, -0.2) is 4.98 Å². The molecule has 33 heavy (non-hydrogen) atoms. The molecule has 3 aromatic rings. The second kappa shape index (κ2) is 9.23. The number of carbonyl (C=O) groups is 2. The first-order chi connectivity index (χ1) is 15.9. The van der Waals surface area contributed by atoms with Crippen LogP contribution in [0.1, 0.15) is 36.7 Å². The minimum atomic E-state index is -0.302. The molecule has 1 saturated heterocycles. The zero-order valence-corrected chi connectivity index (χ0v) is 18.6.